The summed E-state index contributed by atoms with van der Waals surface area (Å²) >= 11 is 0. The third-order valence-corrected chi connectivity index (χ3v) is 0.749. The van der Waals surface area contributed by atoms with Crippen LogP contribution in [-0.2, 0) is 0 Å². The van der Waals surface area contributed by atoms with Gasteiger partial charge in [-0.1, -0.05) is 0 Å². The zero-order chi connectivity index (χ0) is 5.98. The van der Waals surface area contributed by atoms with Crippen molar-refractivity contribution < 1.29 is 0 Å². The fourth-order valence-electron chi connectivity index (χ4n) is 0.376. The molecule has 44 valence electrons. The first kappa shape index (κ1) is 5.20. The first-order valence-electron chi connectivity index (χ1n) is 2.17. The molecule has 1 aromatic heterocycles. The number of nitrogens with two attached hydrogens (primary N) is 2. The summed E-state index contributed by atoms with van der Waals surface area (Å²) < 4.78 is 0. The SMILES string of the molecule is NC(N)c1ncn[nH]1. The largest absolute Gasteiger partial charge is 0.310 e. The van der Waals surface area contributed by atoms with E-state index in [1.54, 1.807) is 0 Å². The molecule has 0 atom stereocenters. The van der Waals surface area contributed by atoms with Crippen molar-refractivity contribution >= 4 is 0 Å². The molecule has 8 heavy (non-hydrogen) atoms. The van der Waals surface area contributed by atoms with E-state index in [-0.39, 0.29) is 0 Å². The quantitative estimate of drug-likeness (QED) is 0.395. The van der Waals surface area contributed by atoms with Crippen LogP contribution in [0.1, 0.15) is 12.0 Å². The predicted molar refractivity (Wildman–Crippen MR) is 27.5 cm³/mol. The van der Waals surface area contributed by atoms with Gasteiger partial charge in [-0.05, 0) is 0 Å². The Morgan fingerprint density at radius 3 is 2.62 bits per heavy atom. The topological polar surface area (TPSA) is 93.6 Å². The molecule has 0 aliphatic rings. The number of aromatic nitrogens is 3. The Kier molecular flexibility index (Phi) is 1.23. The summed E-state index contributed by atoms with van der Waals surface area (Å²) in [7, 11) is 0. The molecule has 5 N–H and O–H groups in total. The highest BCUT2D eigenvalue weighted by molar-refractivity contribution is 4.84. The van der Waals surface area contributed by atoms with E-state index in [1.807, 2.05) is 0 Å². The van der Waals surface area contributed by atoms with Crippen molar-refractivity contribution in [2.45, 2.75) is 6.17 Å². The molecule has 0 aromatic carbocycles. The Bertz CT molecular complexity index is 143. The zero-order valence-electron chi connectivity index (χ0n) is 4.20. The fourth-order valence-corrected chi connectivity index (χ4v) is 0.376. The van der Waals surface area contributed by atoms with Crippen LogP contribution in [0.4, 0.5) is 0 Å². The van der Waals surface area contributed by atoms with Crippen LogP contribution < -0.4 is 11.5 Å². The first-order chi connectivity index (χ1) is 3.80. The summed E-state index contributed by atoms with van der Waals surface area (Å²) in [5.41, 5.74) is 10.4. The summed E-state index contributed by atoms with van der Waals surface area (Å²) in [4.78, 5) is 3.70. The van der Waals surface area contributed by atoms with E-state index in [1.165, 1.54) is 6.33 Å². The van der Waals surface area contributed by atoms with Gasteiger partial charge in [0.2, 0.25) is 0 Å². The van der Waals surface area contributed by atoms with Gasteiger partial charge in [-0.3, -0.25) is 5.10 Å². The highest BCUT2D eigenvalue weighted by atomic mass is 15.2. The van der Waals surface area contributed by atoms with Crippen LogP contribution in [0, 0.1) is 0 Å². The summed E-state index contributed by atoms with van der Waals surface area (Å²) in [6, 6.07) is 0. The van der Waals surface area contributed by atoms with Gasteiger partial charge in [0, 0.05) is 0 Å². The molecule has 0 aliphatic heterocycles. The van der Waals surface area contributed by atoms with Crippen LogP contribution in [0.5, 0.6) is 0 Å². The molecule has 1 aromatic rings. The number of rotatable bonds is 1. The summed E-state index contributed by atoms with van der Waals surface area (Å²) in [5, 5.41) is 6.07. The average Bonchev–Trinajstić information content (AvgIpc) is 2.12. The van der Waals surface area contributed by atoms with Crippen LogP contribution in [0.2, 0.25) is 0 Å². The van der Waals surface area contributed by atoms with E-state index in [9.17, 15) is 0 Å². The minimum atomic E-state index is -0.544. The standard InChI is InChI=1S/C3H7N5/c4-2(5)3-6-1-7-8-3/h1-2H,4-5H2,(H,6,7,8). The number of nitrogens with zero attached hydrogens (tertiary/aromatic N) is 2. The van der Waals surface area contributed by atoms with Gasteiger partial charge in [-0.25, -0.2) is 4.98 Å². The third-order valence-electron chi connectivity index (χ3n) is 0.749. The lowest BCUT2D eigenvalue weighted by Gasteiger charge is -1.95. The number of aromatic amines is 1. The van der Waals surface area contributed by atoms with Crippen molar-refractivity contribution in [3.05, 3.63) is 12.2 Å². The van der Waals surface area contributed by atoms with E-state index in [0.29, 0.717) is 5.82 Å². The molecule has 5 nitrogen and oxygen atoms in total. The molecule has 0 fully saturated rings. The molecule has 1 rings (SSSR count). The Labute approximate surface area is 46.1 Å². The zero-order valence-corrected chi connectivity index (χ0v) is 4.20. The van der Waals surface area contributed by atoms with E-state index in [4.69, 9.17) is 11.5 Å². The van der Waals surface area contributed by atoms with Crippen molar-refractivity contribution in [1.29, 1.82) is 0 Å². The van der Waals surface area contributed by atoms with Crippen molar-refractivity contribution in [3.63, 3.8) is 0 Å². The monoisotopic (exact) mass is 113 g/mol. The predicted octanol–water partition coefficient (Wildman–Crippen LogP) is -1.28. The molecule has 0 amide bonds. The lowest BCUT2D eigenvalue weighted by Crippen LogP contribution is -2.21. The molecule has 0 bridgehead atoms. The summed E-state index contributed by atoms with van der Waals surface area (Å²) in [6.45, 7) is 0. The Morgan fingerprint density at radius 2 is 2.38 bits per heavy atom. The molecule has 0 spiro atoms. The first-order valence-corrected chi connectivity index (χ1v) is 2.17. The molecule has 0 saturated heterocycles. The fraction of sp³-hybridized carbons (Fsp3) is 0.333. The van der Waals surface area contributed by atoms with E-state index < -0.39 is 6.17 Å². The minimum absolute atomic E-state index is 0.505. The lowest BCUT2D eigenvalue weighted by atomic mass is 10.5. The van der Waals surface area contributed by atoms with Gasteiger partial charge in [0.1, 0.15) is 12.5 Å². The van der Waals surface area contributed by atoms with Crippen LogP contribution in [0.25, 0.3) is 0 Å². The number of H-pyrrole nitrogens is 1. The van der Waals surface area contributed by atoms with Crippen molar-refractivity contribution in [2.24, 2.45) is 11.5 Å². The van der Waals surface area contributed by atoms with Crippen molar-refractivity contribution in [2.75, 3.05) is 0 Å². The number of hydrogen-bond acceptors (Lipinski definition) is 4. The van der Waals surface area contributed by atoms with Gasteiger partial charge >= 0.3 is 0 Å². The van der Waals surface area contributed by atoms with Crippen LogP contribution in [-0.4, -0.2) is 15.2 Å². The smallest absolute Gasteiger partial charge is 0.155 e. The molecular weight excluding hydrogens is 106 g/mol. The Hall–Kier alpha value is -0.940. The normalized spacial score (nSPS) is 10.4. The lowest BCUT2D eigenvalue weighted by molar-refractivity contribution is 0.710. The Morgan fingerprint density at radius 1 is 1.62 bits per heavy atom. The summed E-state index contributed by atoms with van der Waals surface area (Å²) in [6.07, 6.45) is 0.819. The van der Waals surface area contributed by atoms with E-state index >= 15 is 0 Å². The maximum atomic E-state index is 5.20. The van der Waals surface area contributed by atoms with Gasteiger partial charge in [0.15, 0.2) is 5.82 Å². The van der Waals surface area contributed by atoms with Crippen molar-refractivity contribution in [1.82, 2.24) is 15.2 Å². The average molecular weight is 113 g/mol. The molecule has 0 unspecified atom stereocenters. The molecule has 0 aliphatic carbocycles. The second kappa shape index (κ2) is 1.89. The number of hydrogen-bond donors (Lipinski definition) is 3. The number of nitrogens with one attached hydrogen (secondary N) is 1. The highest BCUT2D eigenvalue weighted by Crippen LogP contribution is 1.89. The molecular formula is C3H7N5. The summed E-state index contributed by atoms with van der Waals surface area (Å²) in [5.74, 6) is 0.505. The van der Waals surface area contributed by atoms with E-state index in [0.717, 1.165) is 0 Å². The van der Waals surface area contributed by atoms with Crippen molar-refractivity contribution in [3.8, 4) is 0 Å². The second-order valence-corrected chi connectivity index (χ2v) is 1.40. The van der Waals surface area contributed by atoms with E-state index in [2.05, 4.69) is 15.2 Å². The second-order valence-electron chi connectivity index (χ2n) is 1.40. The molecule has 5 heteroatoms. The van der Waals surface area contributed by atoms with Gasteiger partial charge in [0.05, 0.1) is 0 Å². The third kappa shape index (κ3) is 0.824. The maximum Gasteiger partial charge on any atom is 0.155 e. The highest BCUT2D eigenvalue weighted by Gasteiger charge is 1.98. The van der Waals surface area contributed by atoms with Gasteiger partial charge in [0.25, 0.3) is 0 Å². The van der Waals surface area contributed by atoms with Crippen LogP contribution >= 0.6 is 0 Å². The molecule has 1 heterocycles. The minimum Gasteiger partial charge on any atom is -0.310 e. The van der Waals surface area contributed by atoms with Gasteiger partial charge in [-0.2, -0.15) is 5.10 Å². The van der Waals surface area contributed by atoms with Gasteiger partial charge in [-0.15, -0.1) is 0 Å². The maximum absolute atomic E-state index is 5.20. The Balaban J connectivity index is 2.77. The molecule has 0 radical (unpaired) electrons. The molecule has 0 saturated carbocycles. The van der Waals surface area contributed by atoms with Gasteiger partial charge < -0.3 is 11.5 Å². The van der Waals surface area contributed by atoms with Crippen LogP contribution in [0.15, 0.2) is 6.33 Å². The van der Waals surface area contributed by atoms with Crippen LogP contribution in [0.3, 0.4) is 0 Å².